The highest BCUT2D eigenvalue weighted by molar-refractivity contribution is 5.73. The van der Waals surface area contributed by atoms with E-state index in [0.29, 0.717) is 11.3 Å². The van der Waals surface area contributed by atoms with Gasteiger partial charge >= 0.3 is 12.1 Å². The van der Waals surface area contributed by atoms with Crippen LogP contribution in [0, 0.1) is 0 Å². The molecular formula is C16H14F3NO2. The van der Waals surface area contributed by atoms with Gasteiger partial charge in [0.2, 0.25) is 0 Å². The SMILES string of the molecule is Nc1cccc(CC(=O)OCc2ccc(C(F)(F)F)cc2)c1. The smallest absolute Gasteiger partial charge is 0.416 e. The first-order valence-corrected chi connectivity index (χ1v) is 6.51. The van der Waals surface area contributed by atoms with Crippen molar-refractivity contribution in [1.82, 2.24) is 0 Å². The largest absolute Gasteiger partial charge is 0.461 e. The van der Waals surface area contributed by atoms with Crippen LogP contribution >= 0.6 is 0 Å². The average molecular weight is 309 g/mol. The van der Waals surface area contributed by atoms with Crippen molar-refractivity contribution in [2.45, 2.75) is 19.2 Å². The van der Waals surface area contributed by atoms with Crippen LogP contribution in [0.5, 0.6) is 0 Å². The van der Waals surface area contributed by atoms with Gasteiger partial charge in [-0.15, -0.1) is 0 Å². The van der Waals surface area contributed by atoms with Gasteiger partial charge in [-0.3, -0.25) is 4.79 Å². The van der Waals surface area contributed by atoms with Crippen molar-refractivity contribution in [3.8, 4) is 0 Å². The average Bonchev–Trinajstić information content (AvgIpc) is 2.45. The van der Waals surface area contributed by atoms with Gasteiger partial charge in [0.05, 0.1) is 12.0 Å². The van der Waals surface area contributed by atoms with Crippen LogP contribution in [-0.4, -0.2) is 5.97 Å². The van der Waals surface area contributed by atoms with Crippen molar-refractivity contribution in [2.24, 2.45) is 0 Å². The number of esters is 1. The molecule has 116 valence electrons. The van der Waals surface area contributed by atoms with Crippen LogP contribution in [0.1, 0.15) is 16.7 Å². The number of ether oxygens (including phenoxy) is 1. The molecule has 0 atom stereocenters. The topological polar surface area (TPSA) is 52.3 Å². The number of nitrogens with two attached hydrogens (primary N) is 1. The van der Waals surface area contributed by atoms with Crippen molar-refractivity contribution >= 4 is 11.7 Å². The van der Waals surface area contributed by atoms with Gasteiger partial charge in [0.25, 0.3) is 0 Å². The Morgan fingerprint density at radius 1 is 1.05 bits per heavy atom. The number of halogens is 3. The summed E-state index contributed by atoms with van der Waals surface area (Å²) in [6.45, 7) is -0.0702. The molecule has 0 amide bonds. The van der Waals surface area contributed by atoms with Gasteiger partial charge in [-0.25, -0.2) is 0 Å². The molecule has 6 heteroatoms. The normalized spacial score (nSPS) is 11.2. The van der Waals surface area contributed by atoms with Crippen LogP contribution < -0.4 is 5.73 Å². The molecule has 2 rings (SSSR count). The summed E-state index contributed by atoms with van der Waals surface area (Å²) in [5.74, 6) is -0.467. The van der Waals surface area contributed by atoms with E-state index in [-0.39, 0.29) is 13.0 Å². The number of hydrogen-bond donors (Lipinski definition) is 1. The molecular weight excluding hydrogens is 295 g/mol. The second-order valence-electron chi connectivity index (χ2n) is 4.78. The van der Waals surface area contributed by atoms with Gasteiger partial charge in [-0.05, 0) is 35.4 Å². The molecule has 0 fully saturated rings. The molecule has 0 radical (unpaired) electrons. The summed E-state index contributed by atoms with van der Waals surface area (Å²) in [7, 11) is 0. The Kier molecular flexibility index (Phi) is 4.70. The fourth-order valence-corrected chi connectivity index (χ4v) is 1.87. The quantitative estimate of drug-likeness (QED) is 0.694. The molecule has 2 aromatic carbocycles. The molecule has 0 aliphatic carbocycles. The van der Waals surface area contributed by atoms with E-state index in [0.717, 1.165) is 17.7 Å². The summed E-state index contributed by atoms with van der Waals surface area (Å²) in [4.78, 5) is 11.7. The number of hydrogen-bond acceptors (Lipinski definition) is 3. The number of carbonyl (C=O) groups excluding carboxylic acids is 1. The van der Waals surface area contributed by atoms with Crippen LogP contribution in [-0.2, 0) is 28.7 Å². The van der Waals surface area contributed by atoms with Crippen LogP contribution in [0.25, 0.3) is 0 Å². The molecule has 0 aromatic heterocycles. The monoisotopic (exact) mass is 309 g/mol. The maximum atomic E-state index is 12.4. The summed E-state index contributed by atoms with van der Waals surface area (Å²) in [6, 6.07) is 11.3. The van der Waals surface area contributed by atoms with Gasteiger partial charge in [0.15, 0.2) is 0 Å². The fourth-order valence-electron chi connectivity index (χ4n) is 1.87. The van der Waals surface area contributed by atoms with E-state index in [1.54, 1.807) is 24.3 Å². The first-order chi connectivity index (χ1) is 10.3. The van der Waals surface area contributed by atoms with Crippen LogP contribution in [0.2, 0.25) is 0 Å². The Morgan fingerprint density at radius 2 is 1.73 bits per heavy atom. The van der Waals surface area contributed by atoms with Crippen LogP contribution in [0.15, 0.2) is 48.5 Å². The van der Waals surface area contributed by atoms with E-state index in [9.17, 15) is 18.0 Å². The minimum atomic E-state index is -4.37. The third-order valence-corrected chi connectivity index (χ3v) is 2.98. The summed E-state index contributed by atoms with van der Waals surface area (Å²) < 4.78 is 42.3. The predicted octanol–water partition coefficient (Wildman–Crippen LogP) is 3.57. The highest BCUT2D eigenvalue weighted by Crippen LogP contribution is 2.29. The molecule has 2 N–H and O–H groups in total. The zero-order chi connectivity index (χ0) is 16.2. The van der Waals surface area contributed by atoms with Gasteiger partial charge in [0, 0.05) is 5.69 Å². The number of rotatable bonds is 4. The van der Waals surface area contributed by atoms with E-state index < -0.39 is 17.7 Å². The zero-order valence-electron chi connectivity index (χ0n) is 11.6. The molecule has 0 aliphatic heterocycles. The summed E-state index contributed by atoms with van der Waals surface area (Å²) in [5, 5.41) is 0. The first kappa shape index (κ1) is 15.9. The molecule has 0 bridgehead atoms. The Labute approximate surface area is 125 Å². The van der Waals surface area contributed by atoms with Crippen molar-refractivity contribution in [2.75, 3.05) is 5.73 Å². The van der Waals surface area contributed by atoms with Crippen LogP contribution in [0.3, 0.4) is 0 Å². The van der Waals surface area contributed by atoms with Crippen molar-refractivity contribution in [3.63, 3.8) is 0 Å². The summed E-state index contributed by atoms with van der Waals surface area (Å²) >= 11 is 0. The van der Waals surface area contributed by atoms with E-state index in [4.69, 9.17) is 10.5 Å². The number of anilines is 1. The molecule has 0 unspecified atom stereocenters. The lowest BCUT2D eigenvalue weighted by atomic mass is 10.1. The second-order valence-corrected chi connectivity index (χ2v) is 4.78. The Morgan fingerprint density at radius 3 is 2.32 bits per heavy atom. The number of benzene rings is 2. The molecule has 0 saturated carbocycles. The number of nitrogen functional groups attached to an aromatic ring is 1. The van der Waals surface area contributed by atoms with Crippen molar-refractivity contribution < 1.29 is 22.7 Å². The standard InChI is InChI=1S/C16H14F3NO2/c17-16(18,19)13-6-4-11(5-7-13)10-22-15(21)9-12-2-1-3-14(20)8-12/h1-8H,9-10,20H2. The predicted molar refractivity (Wildman–Crippen MR) is 75.8 cm³/mol. The molecule has 0 heterocycles. The Balaban J connectivity index is 1.88. The summed E-state index contributed by atoms with van der Waals surface area (Å²) in [5.41, 5.74) is 6.63. The Bertz CT molecular complexity index is 651. The highest BCUT2D eigenvalue weighted by Gasteiger charge is 2.29. The molecule has 3 nitrogen and oxygen atoms in total. The number of alkyl halides is 3. The van der Waals surface area contributed by atoms with E-state index in [2.05, 4.69) is 0 Å². The minimum Gasteiger partial charge on any atom is -0.461 e. The van der Waals surface area contributed by atoms with Crippen molar-refractivity contribution in [1.29, 1.82) is 0 Å². The molecule has 0 aliphatic rings. The maximum absolute atomic E-state index is 12.4. The van der Waals surface area contributed by atoms with E-state index >= 15 is 0 Å². The molecule has 22 heavy (non-hydrogen) atoms. The minimum absolute atomic E-state index is 0.0612. The lowest BCUT2D eigenvalue weighted by Gasteiger charge is -2.08. The second kappa shape index (κ2) is 6.51. The zero-order valence-corrected chi connectivity index (χ0v) is 11.6. The van der Waals surface area contributed by atoms with Gasteiger partial charge < -0.3 is 10.5 Å². The molecule has 0 saturated heterocycles. The maximum Gasteiger partial charge on any atom is 0.416 e. The lowest BCUT2D eigenvalue weighted by Crippen LogP contribution is -2.09. The van der Waals surface area contributed by atoms with Gasteiger partial charge in [-0.2, -0.15) is 13.2 Å². The van der Waals surface area contributed by atoms with E-state index in [1.165, 1.54) is 12.1 Å². The third kappa shape index (κ3) is 4.51. The Hall–Kier alpha value is -2.50. The molecule has 0 spiro atoms. The first-order valence-electron chi connectivity index (χ1n) is 6.51. The van der Waals surface area contributed by atoms with Crippen molar-refractivity contribution in [3.05, 3.63) is 65.2 Å². The van der Waals surface area contributed by atoms with Crippen LogP contribution in [0.4, 0.5) is 18.9 Å². The van der Waals surface area contributed by atoms with Gasteiger partial charge in [0.1, 0.15) is 6.61 Å². The van der Waals surface area contributed by atoms with Gasteiger partial charge in [-0.1, -0.05) is 24.3 Å². The third-order valence-electron chi connectivity index (χ3n) is 2.98. The number of carbonyl (C=O) groups is 1. The molecule has 2 aromatic rings. The summed E-state index contributed by atoms with van der Waals surface area (Å²) in [6.07, 6.45) is -4.31. The lowest BCUT2D eigenvalue weighted by molar-refractivity contribution is -0.144. The highest BCUT2D eigenvalue weighted by atomic mass is 19.4. The van der Waals surface area contributed by atoms with E-state index in [1.807, 2.05) is 0 Å². The fraction of sp³-hybridized carbons (Fsp3) is 0.188.